The zero-order chi connectivity index (χ0) is 38.5. The second-order valence-electron chi connectivity index (χ2n) is 20.3. The van der Waals surface area contributed by atoms with Crippen molar-refractivity contribution in [1.29, 1.82) is 0 Å². The molecule has 5 aliphatic carbocycles. The maximum Gasteiger partial charge on any atom is 0.326 e. The molecule has 0 aromatic rings. The van der Waals surface area contributed by atoms with E-state index in [1.165, 1.54) is 6.42 Å². The Bertz CT molecular complexity index is 1420. The lowest BCUT2D eigenvalue weighted by Gasteiger charge is -2.71. The number of carboxylic acid groups (broad SMARTS) is 1. The number of ether oxygens (including phenoxy) is 1. The molecule has 52 heavy (non-hydrogen) atoms. The van der Waals surface area contributed by atoms with Crippen LogP contribution in [0.3, 0.4) is 0 Å². The van der Waals surface area contributed by atoms with E-state index in [-0.39, 0.29) is 68.2 Å². The van der Waals surface area contributed by atoms with Gasteiger partial charge in [-0.2, -0.15) is 0 Å². The summed E-state index contributed by atoms with van der Waals surface area (Å²) < 4.78 is 6.09. The van der Waals surface area contributed by atoms with E-state index < -0.39 is 12.0 Å². The van der Waals surface area contributed by atoms with Crippen molar-refractivity contribution in [3.8, 4) is 0 Å². The number of nitrogens with one attached hydrogen (secondary N) is 2. The number of carboxylic acids is 1. The van der Waals surface area contributed by atoms with Crippen LogP contribution in [0.4, 0.5) is 0 Å². The summed E-state index contributed by atoms with van der Waals surface area (Å²) in [7, 11) is 0. The number of aliphatic carboxylic acids is 1. The molecule has 0 aromatic carbocycles. The second-order valence-corrected chi connectivity index (χ2v) is 20.3. The Kier molecular flexibility index (Phi) is 11.5. The van der Waals surface area contributed by atoms with E-state index in [1.54, 1.807) is 19.4 Å². The van der Waals surface area contributed by atoms with Gasteiger partial charge in [0.1, 0.15) is 12.1 Å². The molecule has 5 aliphatic rings. The summed E-state index contributed by atoms with van der Waals surface area (Å²) in [4.78, 5) is 50.7. The standard InChI is InChI=1S/C44H72N2O6/c1-11-35(48)52-33-19-20-41(8)31(40(33,6)7)18-21-43(10)32(41)17-16-29-30-27-39(4,5)22-24-44(30,25-23-42(29,43)9)38(51)45-26-14-12-13-15-34(47)46-36(28(2)3)37(49)50/h16,28,30-33,36H,11-15,17-27H2,1-10H3,(H,45,51)(H,46,47)(H,49,50)/t30?,31?,32?,33-,36-,41-,42+,43+,44-/m0/s1. The maximum atomic E-state index is 14.4. The van der Waals surface area contributed by atoms with E-state index >= 15 is 0 Å². The summed E-state index contributed by atoms with van der Waals surface area (Å²) in [6.45, 7) is 23.3. The van der Waals surface area contributed by atoms with Crippen molar-refractivity contribution in [3.63, 3.8) is 0 Å². The first kappa shape index (κ1) is 40.8. The minimum atomic E-state index is -1.00. The van der Waals surface area contributed by atoms with Crippen LogP contribution in [0.15, 0.2) is 11.6 Å². The number of carbonyl (C=O) groups is 4. The monoisotopic (exact) mass is 725 g/mol. The van der Waals surface area contributed by atoms with E-state index in [9.17, 15) is 24.3 Å². The zero-order valence-corrected chi connectivity index (χ0v) is 34.3. The molecular formula is C44H72N2O6. The summed E-state index contributed by atoms with van der Waals surface area (Å²) in [5.74, 6) is 0.0289. The Labute approximate surface area is 314 Å². The van der Waals surface area contributed by atoms with Crippen molar-refractivity contribution in [2.75, 3.05) is 6.54 Å². The molecule has 0 heterocycles. The topological polar surface area (TPSA) is 122 Å². The number of carbonyl (C=O) groups excluding carboxylic acids is 3. The second kappa shape index (κ2) is 14.7. The molecule has 0 spiro atoms. The summed E-state index contributed by atoms with van der Waals surface area (Å²) in [6, 6.07) is -0.867. The highest BCUT2D eigenvalue weighted by Crippen LogP contribution is 2.75. The van der Waals surface area contributed by atoms with Crippen LogP contribution in [0.5, 0.6) is 0 Å². The van der Waals surface area contributed by atoms with Gasteiger partial charge in [0.25, 0.3) is 0 Å². The number of rotatable bonds is 12. The van der Waals surface area contributed by atoms with Crippen LogP contribution in [0.25, 0.3) is 0 Å². The molecule has 4 fully saturated rings. The number of fused-ring (bicyclic) bond motifs is 7. The van der Waals surface area contributed by atoms with Gasteiger partial charge < -0.3 is 20.5 Å². The number of unbranched alkanes of at least 4 members (excludes halogenated alkanes) is 2. The van der Waals surface area contributed by atoms with E-state index in [2.05, 4.69) is 65.2 Å². The normalized spacial score (nSPS) is 37.9. The first-order valence-corrected chi connectivity index (χ1v) is 20.9. The van der Waals surface area contributed by atoms with Crippen molar-refractivity contribution >= 4 is 23.8 Å². The molecule has 2 amide bonds. The molecule has 5 rings (SSSR count). The summed E-state index contributed by atoms with van der Waals surface area (Å²) in [5.41, 5.74) is 1.65. The highest BCUT2D eigenvalue weighted by Gasteiger charge is 2.69. The number of allylic oxidation sites excluding steroid dienone is 2. The first-order valence-electron chi connectivity index (χ1n) is 20.9. The molecule has 0 radical (unpaired) electrons. The van der Waals surface area contributed by atoms with Gasteiger partial charge in [-0.3, -0.25) is 14.4 Å². The minimum absolute atomic E-state index is 0.0215. The van der Waals surface area contributed by atoms with Gasteiger partial charge in [0, 0.05) is 24.8 Å². The van der Waals surface area contributed by atoms with Crippen LogP contribution in [0.2, 0.25) is 0 Å². The average molecular weight is 725 g/mol. The van der Waals surface area contributed by atoms with Crippen molar-refractivity contribution in [1.82, 2.24) is 10.6 Å². The van der Waals surface area contributed by atoms with E-state index in [0.29, 0.717) is 37.6 Å². The number of esters is 1. The third-order valence-electron chi connectivity index (χ3n) is 16.2. The predicted molar refractivity (Wildman–Crippen MR) is 205 cm³/mol. The lowest BCUT2D eigenvalue weighted by atomic mass is 9.33. The number of hydrogen-bond acceptors (Lipinski definition) is 5. The Morgan fingerprint density at radius 3 is 2.23 bits per heavy atom. The Balaban J connectivity index is 1.29. The third kappa shape index (κ3) is 7.00. The molecule has 0 bridgehead atoms. The van der Waals surface area contributed by atoms with Crippen molar-refractivity contribution in [2.45, 2.75) is 178 Å². The molecule has 3 N–H and O–H groups in total. The maximum absolute atomic E-state index is 14.4. The fourth-order valence-corrected chi connectivity index (χ4v) is 12.8. The molecule has 3 unspecified atom stereocenters. The first-order chi connectivity index (χ1) is 24.2. The lowest BCUT2D eigenvalue weighted by molar-refractivity contribution is -0.212. The highest BCUT2D eigenvalue weighted by atomic mass is 16.5. The molecule has 9 atom stereocenters. The largest absolute Gasteiger partial charge is 0.480 e. The van der Waals surface area contributed by atoms with Gasteiger partial charge >= 0.3 is 11.9 Å². The molecule has 0 aromatic heterocycles. The smallest absolute Gasteiger partial charge is 0.326 e. The minimum Gasteiger partial charge on any atom is -0.480 e. The summed E-state index contributed by atoms with van der Waals surface area (Å²) in [5, 5.41) is 15.4. The molecule has 8 heteroatoms. The number of amides is 2. The Morgan fingerprint density at radius 2 is 1.58 bits per heavy atom. The van der Waals surface area contributed by atoms with Crippen LogP contribution >= 0.6 is 0 Å². The van der Waals surface area contributed by atoms with Gasteiger partial charge in [-0.1, -0.05) is 87.3 Å². The van der Waals surface area contributed by atoms with Gasteiger partial charge in [-0.15, -0.1) is 0 Å². The van der Waals surface area contributed by atoms with E-state index in [4.69, 9.17) is 4.74 Å². The van der Waals surface area contributed by atoms with Crippen LogP contribution in [0, 0.1) is 56.2 Å². The fourth-order valence-electron chi connectivity index (χ4n) is 12.8. The average Bonchev–Trinajstić information content (AvgIpc) is 3.06. The van der Waals surface area contributed by atoms with Crippen LogP contribution in [-0.4, -0.2) is 47.6 Å². The van der Waals surface area contributed by atoms with E-state index in [1.807, 2.05) is 6.92 Å². The van der Waals surface area contributed by atoms with Crippen molar-refractivity contribution < 1.29 is 29.0 Å². The van der Waals surface area contributed by atoms with Gasteiger partial charge in [0.15, 0.2) is 0 Å². The molecular weight excluding hydrogens is 652 g/mol. The Morgan fingerprint density at radius 1 is 0.885 bits per heavy atom. The fraction of sp³-hybridized carbons (Fsp3) is 0.864. The van der Waals surface area contributed by atoms with E-state index in [0.717, 1.165) is 70.6 Å². The molecule has 4 saturated carbocycles. The van der Waals surface area contributed by atoms with Crippen molar-refractivity contribution in [3.05, 3.63) is 11.6 Å². The lowest BCUT2D eigenvalue weighted by Crippen LogP contribution is -2.65. The van der Waals surface area contributed by atoms with Crippen molar-refractivity contribution in [2.24, 2.45) is 56.2 Å². The van der Waals surface area contributed by atoms with Gasteiger partial charge in [-0.05, 0) is 122 Å². The van der Waals surface area contributed by atoms with Gasteiger partial charge in [0.2, 0.25) is 11.8 Å². The van der Waals surface area contributed by atoms with Crippen LogP contribution in [0.1, 0.15) is 166 Å². The molecule has 8 nitrogen and oxygen atoms in total. The predicted octanol–water partition coefficient (Wildman–Crippen LogP) is 9.01. The van der Waals surface area contributed by atoms with Crippen LogP contribution < -0.4 is 10.6 Å². The SMILES string of the molecule is CCC(=O)O[C@H]1CC[C@@]2(C)C(CC[C@]3(C)C2CC=C2C4CC(C)(C)CC[C@]4(C(=O)NCCCCCC(=O)N[C@H](C(=O)O)C(C)C)CC[C@]23C)C1(C)C. The van der Waals surface area contributed by atoms with Crippen LogP contribution in [-0.2, 0) is 23.9 Å². The molecule has 0 aliphatic heterocycles. The van der Waals surface area contributed by atoms with Gasteiger partial charge in [-0.25, -0.2) is 4.79 Å². The Hall–Kier alpha value is -2.38. The number of hydrogen-bond donors (Lipinski definition) is 3. The summed E-state index contributed by atoms with van der Waals surface area (Å²) >= 11 is 0. The van der Waals surface area contributed by atoms with Gasteiger partial charge in [0.05, 0.1) is 5.41 Å². The molecule has 0 saturated heterocycles. The molecule has 294 valence electrons. The zero-order valence-electron chi connectivity index (χ0n) is 34.3. The highest BCUT2D eigenvalue weighted by molar-refractivity contribution is 5.84. The third-order valence-corrected chi connectivity index (χ3v) is 16.2. The summed E-state index contributed by atoms with van der Waals surface area (Å²) in [6.07, 6.45) is 16.0. The quantitative estimate of drug-likeness (QED) is 0.105.